The van der Waals surface area contributed by atoms with E-state index < -0.39 is 6.04 Å². The van der Waals surface area contributed by atoms with Crippen molar-refractivity contribution in [1.82, 2.24) is 15.1 Å². The average Bonchev–Trinajstić information content (AvgIpc) is 2.91. The van der Waals surface area contributed by atoms with E-state index in [2.05, 4.69) is 10.4 Å². The Morgan fingerprint density at radius 3 is 2.90 bits per heavy atom. The van der Waals surface area contributed by atoms with Crippen molar-refractivity contribution in [3.8, 4) is 0 Å². The summed E-state index contributed by atoms with van der Waals surface area (Å²) in [7, 11) is 0. The van der Waals surface area contributed by atoms with E-state index in [0.717, 1.165) is 0 Å². The van der Waals surface area contributed by atoms with Crippen LogP contribution in [0.5, 0.6) is 0 Å². The van der Waals surface area contributed by atoms with Crippen LogP contribution in [0.15, 0.2) is 30.6 Å². The van der Waals surface area contributed by atoms with E-state index in [1.807, 2.05) is 0 Å². The van der Waals surface area contributed by atoms with Gasteiger partial charge in [-0.2, -0.15) is 5.10 Å². The van der Waals surface area contributed by atoms with Gasteiger partial charge in [0.1, 0.15) is 11.9 Å². The van der Waals surface area contributed by atoms with Gasteiger partial charge in [-0.1, -0.05) is 23.7 Å². The molecule has 1 aromatic carbocycles. The van der Waals surface area contributed by atoms with Gasteiger partial charge in [-0.05, 0) is 18.6 Å². The quantitative estimate of drug-likeness (QED) is 0.887. The zero-order valence-corrected chi connectivity index (χ0v) is 12.3. The van der Waals surface area contributed by atoms with Crippen LogP contribution in [0.25, 0.3) is 0 Å². The van der Waals surface area contributed by atoms with Crippen LogP contribution in [0.3, 0.4) is 0 Å². The van der Waals surface area contributed by atoms with Crippen LogP contribution in [-0.4, -0.2) is 15.7 Å². The van der Waals surface area contributed by atoms with E-state index in [4.69, 9.17) is 17.3 Å². The number of aromatic nitrogens is 2. The summed E-state index contributed by atoms with van der Waals surface area (Å²) in [6.07, 6.45) is 3.01. The molecular weight excluding hydrogens is 295 g/mol. The van der Waals surface area contributed by atoms with Crippen LogP contribution in [-0.2, 0) is 17.9 Å². The maximum atomic E-state index is 13.8. The van der Waals surface area contributed by atoms with Gasteiger partial charge in [-0.3, -0.25) is 9.48 Å². The minimum absolute atomic E-state index is 0.106. The highest BCUT2D eigenvalue weighted by Gasteiger charge is 2.16. The second-order valence-corrected chi connectivity index (χ2v) is 5.10. The molecule has 0 aliphatic carbocycles. The molecule has 0 aliphatic rings. The Hall–Kier alpha value is -1.92. The lowest BCUT2D eigenvalue weighted by molar-refractivity contribution is -0.124. The van der Waals surface area contributed by atoms with Gasteiger partial charge in [0.25, 0.3) is 0 Å². The molecule has 0 bridgehead atoms. The summed E-state index contributed by atoms with van der Waals surface area (Å²) in [6.45, 7) is 2.07. The van der Waals surface area contributed by atoms with Gasteiger partial charge in [-0.25, -0.2) is 4.39 Å². The highest BCUT2D eigenvalue weighted by Crippen LogP contribution is 2.13. The zero-order chi connectivity index (χ0) is 15.4. The Morgan fingerprint density at radius 2 is 2.33 bits per heavy atom. The number of nitrogens with zero attached hydrogens (tertiary/aromatic N) is 2. The zero-order valence-electron chi connectivity index (χ0n) is 11.5. The van der Waals surface area contributed by atoms with Crippen molar-refractivity contribution in [1.29, 1.82) is 0 Å². The Morgan fingerprint density at radius 1 is 1.57 bits per heavy atom. The molecule has 1 unspecified atom stereocenters. The third-order valence-electron chi connectivity index (χ3n) is 3.15. The summed E-state index contributed by atoms with van der Waals surface area (Å²) in [5, 5.41) is 7.10. The second-order valence-electron chi connectivity index (χ2n) is 4.66. The number of rotatable bonds is 5. The normalized spacial score (nSPS) is 12.2. The summed E-state index contributed by atoms with van der Waals surface area (Å²) in [5.74, 6) is -0.648. The number of carbonyl (C=O) groups is 1. The Kier molecular flexibility index (Phi) is 4.93. The topological polar surface area (TPSA) is 72.9 Å². The van der Waals surface area contributed by atoms with Crippen molar-refractivity contribution in [2.24, 2.45) is 5.73 Å². The SMILES string of the molecule is CC(C(=O)NCc1ccc(CN)cc1F)n1cc(Cl)cn1. The molecule has 0 saturated heterocycles. The van der Waals surface area contributed by atoms with Crippen molar-refractivity contribution in [2.75, 3.05) is 0 Å². The van der Waals surface area contributed by atoms with Crippen molar-refractivity contribution in [3.63, 3.8) is 0 Å². The lowest BCUT2D eigenvalue weighted by atomic mass is 10.1. The first-order valence-corrected chi connectivity index (χ1v) is 6.83. The summed E-state index contributed by atoms with van der Waals surface area (Å²) in [6, 6.07) is 4.20. The number of nitrogens with one attached hydrogen (secondary N) is 1. The van der Waals surface area contributed by atoms with Gasteiger partial charge < -0.3 is 11.1 Å². The van der Waals surface area contributed by atoms with Crippen molar-refractivity contribution >= 4 is 17.5 Å². The van der Waals surface area contributed by atoms with E-state index in [1.54, 1.807) is 25.3 Å². The predicted octanol–water partition coefficient (Wildman–Crippen LogP) is 2.01. The van der Waals surface area contributed by atoms with Gasteiger partial charge in [0.2, 0.25) is 5.91 Å². The Labute approximate surface area is 126 Å². The largest absolute Gasteiger partial charge is 0.350 e. The highest BCUT2D eigenvalue weighted by molar-refractivity contribution is 6.30. The van der Waals surface area contributed by atoms with Gasteiger partial charge >= 0.3 is 0 Å². The summed E-state index contributed by atoms with van der Waals surface area (Å²) in [4.78, 5) is 12.0. The van der Waals surface area contributed by atoms with Gasteiger partial charge in [0.05, 0.1) is 11.2 Å². The lowest BCUT2D eigenvalue weighted by Gasteiger charge is -2.13. The highest BCUT2D eigenvalue weighted by atomic mass is 35.5. The number of carbonyl (C=O) groups excluding carboxylic acids is 1. The molecule has 7 heteroatoms. The second kappa shape index (κ2) is 6.69. The Bertz CT molecular complexity index is 644. The summed E-state index contributed by atoms with van der Waals surface area (Å²) >= 11 is 5.76. The number of hydrogen-bond acceptors (Lipinski definition) is 3. The number of halogens is 2. The third-order valence-corrected chi connectivity index (χ3v) is 3.35. The number of hydrogen-bond donors (Lipinski definition) is 2. The molecule has 0 saturated carbocycles. The van der Waals surface area contributed by atoms with Crippen LogP contribution in [0.1, 0.15) is 24.1 Å². The number of benzene rings is 1. The Balaban J connectivity index is 1.97. The van der Waals surface area contributed by atoms with Crippen LogP contribution in [0, 0.1) is 5.82 Å². The minimum Gasteiger partial charge on any atom is -0.350 e. The molecule has 3 N–H and O–H groups in total. The van der Waals surface area contributed by atoms with Crippen LogP contribution < -0.4 is 11.1 Å². The van der Waals surface area contributed by atoms with E-state index in [0.29, 0.717) is 16.1 Å². The molecule has 0 aliphatic heterocycles. The maximum Gasteiger partial charge on any atom is 0.244 e. The lowest BCUT2D eigenvalue weighted by Crippen LogP contribution is -2.31. The molecule has 1 atom stereocenters. The first-order chi connectivity index (χ1) is 10.0. The molecule has 5 nitrogen and oxygen atoms in total. The van der Waals surface area contributed by atoms with Gasteiger partial charge in [-0.15, -0.1) is 0 Å². The molecule has 112 valence electrons. The molecular formula is C14H16ClFN4O. The smallest absolute Gasteiger partial charge is 0.244 e. The first kappa shape index (κ1) is 15.5. The molecule has 0 spiro atoms. The van der Waals surface area contributed by atoms with Gasteiger partial charge in [0, 0.05) is 24.8 Å². The fraction of sp³-hybridized carbons (Fsp3) is 0.286. The monoisotopic (exact) mass is 310 g/mol. The van der Waals surface area contributed by atoms with Crippen LogP contribution >= 0.6 is 11.6 Å². The van der Waals surface area contributed by atoms with E-state index in [9.17, 15) is 9.18 Å². The molecule has 1 heterocycles. The first-order valence-electron chi connectivity index (χ1n) is 6.46. The fourth-order valence-electron chi connectivity index (χ4n) is 1.84. The van der Waals surface area contributed by atoms with Crippen molar-refractivity contribution in [3.05, 3.63) is 52.6 Å². The fourth-order valence-corrected chi connectivity index (χ4v) is 1.98. The van der Waals surface area contributed by atoms with Crippen molar-refractivity contribution in [2.45, 2.75) is 26.1 Å². The number of amides is 1. The van der Waals surface area contributed by atoms with Crippen LogP contribution in [0.4, 0.5) is 4.39 Å². The molecule has 2 aromatic rings. The molecule has 0 fully saturated rings. The minimum atomic E-state index is -0.524. The van der Waals surface area contributed by atoms with Gasteiger partial charge in [0.15, 0.2) is 0 Å². The molecule has 1 amide bonds. The molecule has 21 heavy (non-hydrogen) atoms. The van der Waals surface area contributed by atoms with Crippen LogP contribution in [0.2, 0.25) is 5.02 Å². The molecule has 2 rings (SSSR count). The number of nitrogens with two attached hydrogens (primary N) is 1. The third kappa shape index (κ3) is 3.80. The molecule has 1 aromatic heterocycles. The molecule has 0 radical (unpaired) electrons. The van der Waals surface area contributed by atoms with E-state index in [1.165, 1.54) is 16.9 Å². The summed E-state index contributed by atoms with van der Waals surface area (Å²) in [5.41, 5.74) is 6.56. The predicted molar refractivity (Wildman–Crippen MR) is 78.1 cm³/mol. The standard InChI is InChI=1S/C14H16ClFN4O/c1-9(20-8-12(15)7-19-20)14(21)18-6-11-3-2-10(5-17)4-13(11)16/h2-4,7-9H,5-6,17H2,1H3,(H,18,21). The van der Waals surface area contributed by atoms with E-state index >= 15 is 0 Å². The van der Waals surface area contributed by atoms with E-state index in [-0.39, 0.29) is 24.8 Å². The maximum absolute atomic E-state index is 13.8. The summed E-state index contributed by atoms with van der Waals surface area (Å²) < 4.78 is 15.2. The van der Waals surface area contributed by atoms with Crippen molar-refractivity contribution < 1.29 is 9.18 Å². The average molecular weight is 311 g/mol.